The summed E-state index contributed by atoms with van der Waals surface area (Å²) in [5, 5.41) is 10.1. The van der Waals surface area contributed by atoms with Crippen molar-refractivity contribution in [3.05, 3.63) is 54.1 Å². The highest BCUT2D eigenvalue weighted by Gasteiger charge is 2.11. The van der Waals surface area contributed by atoms with Crippen LogP contribution in [0, 0.1) is 0 Å². The summed E-state index contributed by atoms with van der Waals surface area (Å²) in [4.78, 5) is 7.84. The van der Waals surface area contributed by atoms with Gasteiger partial charge in [0.25, 0.3) is 0 Å². The molecule has 0 spiro atoms. The van der Waals surface area contributed by atoms with E-state index < -0.39 is 6.10 Å². The van der Waals surface area contributed by atoms with Gasteiger partial charge in [-0.05, 0) is 30.7 Å². The summed E-state index contributed by atoms with van der Waals surface area (Å²) < 4.78 is 5.34. The fourth-order valence-electron chi connectivity index (χ4n) is 1.55. The maximum atomic E-state index is 10.1. The first kappa shape index (κ1) is 11.5. The number of hydrogen-bond donors (Lipinski definition) is 1. The van der Waals surface area contributed by atoms with Crippen LogP contribution >= 0.6 is 0 Å². The number of hydrogen-bond acceptors (Lipinski definition) is 4. The van der Waals surface area contributed by atoms with Crippen LogP contribution in [-0.4, -0.2) is 21.7 Å². The van der Waals surface area contributed by atoms with Crippen LogP contribution in [0.1, 0.15) is 24.3 Å². The molecule has 0 bridgehead atoms. The van der Waals surface area contributed by atoms with Crippen molar-refractivity contribution in [2.45, 2.75) is 13.0 Å². The van der Waals surface area contributed by atoms with E-state index in [0.29, 0.717) is 12.3 Å². The maximum absolute atomic E-state index is 10.1. The van der Waals surface area contributed by atoms with Gasteiger partial charge in [0.05, 0.1) is 12.3 Å². The lowest BCUT2D eigenvalue weighted by Gasteiger charge is -2.10. The van der Waals surface area contributed by atoms with E-state index in [-0.39, 0.29) is 0 Å². The number of aliphatic hydroxyl groups excluding tert-OH is 1. The second kappa shape index (κ2) is 5.41. The summed E-state index contributed by atoms with van der Waals surface area (Å²) in [5.41, 5.74) is 1.37. The summed E-state index contributed by atoms with van der Waals surface area (Å²) >= 11 is 0. The molecule has 0 saturated heterocycles. The zero-order chi connectivity index (χ0) is 12.1. The Morgan fingerprint density at radius 2 is 2.00 bits per heavy atom. The Labute approximate surface area is 99.9 Å². The van der Waals surface area contributed by atoms with Crippen LogP contribution in [0.2, 0.25) is 0 Å². The number of benzene rings is 1. The molecule has 1 aromatic carbocycles. The van der Waals surface area contributed by atoms with E-state index in [1.807, 2.05) is 31.2 Å². The van der Waals surface area contributed by atoms with Crippen LogP contribution in [0.3, 0.4) is 0 Å². The van der Waals surface area contributed by atoms with E-state index >= 15 is 0 Å². The molecule has 4 nitrogen and oxygen atoms in total. The average Bonchev–Trinajstić information content (AvgIpc) is 2.40. The Hall–Kier alpha value is -1.94. The normalized spacial score (nSPS) is 12.1. The van der Waals surface area contributed by atoms with E-state index in [1.165, 1.54) is 6.33 Å². The maximum Gasteiger partial charge on any atom is 0.121 e. The third-order valence-corrected chi connectivity index (χ3v) is 2.39. The highest BCUT2D eigenvalue weighted by molar-refractivity contribution is 5.31. The van der Waals surface area contributed by atoms with Crippen LogP contribution in [0.25, 0.3) is 0 Å². The van der Waals surface area contributed by atoms with Crippen molar-refractivity contribution >= 4 is 0 Å². The zero-order valence-corrected chi connectivity index (χ0v) is 9.58. The molecule has 1 aromatic heterocycles. The van der Waals surface area contributed by atoms with E-state index in [0.717, 1.165) is 11.3 Å². The van der Waals surface area contributed by atoms with Crippen molar-refractivity contribution in [2.75, 3.05) is 6.61 Å². The monoisotopic (exact) mass is 230 g/mol. The van der Waals surface area contributed by atoms with Gasteiger partial charge in [0, 0.05) is 6.20 Å². The molecule has 0 aliphatic rings. The second-order valence-electron chi connectivity index (χ2n) is 3.54. The lowest BCUT2D eigenvalue weighted by atomic mass is 10.1. The fraction of sp³-hybridized carbons (Fsp3) is 0.231. The number of rotatable bonds is 4. The lowest BCUT2D eigenvalue weighted by molar-refractivity contribution is 0.215. The highest BCUT2D eigenvalue weighted by atomic mass is 16.5. The number of nitrogens with zero attached hydrogens (tertiary/aromatic N) is 2. The van der Waals surface area contributed by atoms with E-state index in [4.69, 9.17) is 4.74 Å². The number of aromatic nitrogens is 2. The molecule has 0 saturated carbocycles. The van der Waals surface area contributed by atoms with Gasteiger partial charge < -0.3 is 9.84 Å². The van der Waals surface area contributed by atoms with Gasteiger partial charge in [-0.3, -0.25) is 0 Å². The smallest absolute Gasteiger partial charge is 0.121 e. The lowest BCUT2D eigenvalue weighted by Crippen LogP contribution is -2.02. The van der Waals surface area contributed by atoms with Crippen molar-refractivity contribution in [3.63, 3.8) is 0 Å². The van der Waals surface area contributed by atoms with E-state index in [9.17, 15) is 5.11 Å². The van der Waals surface area contributed by atoms with Crippen molar-refractivity contribution in [2.24, 2.45) is 0 Å². The third-order valence-electron chi connectivity index (χ3n) is 2.39. The number of aliphatic hydroxyl groups is 1. The van der Waals surface area contributed by atoms with E-state index in [1.54, 1.807) is 12.3 Å². The Bertz CT molecular complexity index is 457. The molecule has 0 radical (unpaired) electrons. The molecule has 0 fully saturated rings. The Morgan fingerprint density at radius 3 is 2.59 bits per heavy atom. The molecular weight excluding hydrogens is 216 g/mol. The molecular formula is C13H14N2O2. The molecule has 88 valence electrons. The molecule has 4 heteroatoms. The summed E-state index contributed by atoms with van der Waals surface area (Å²) in [6.45, 7) is 2.57. The van der Waals surface area contributed by atoms with Crippen molar-refractivity contribution in [1.29, 1.82) is 0 Å². The minimum Gasteiger partial charge on any atom is -0.494 e. The van der Waals surface area contributed by atoms with E-state index in [2.05, 4.69) is 9.97 Å². The van der Waals surface area contributed by atoms with Crippen molar-refractivity contribution in [3.8, 4) is 5.75 Å². The number of ether oxygens (including phenoxy) is 1. The first-order chi connectivity index (χ1) is 8.31. The van der Waals surface area contributed by atoms with Crippen LogP contribution in [0.15, 0.2) is 42.9 Å². The average molecular weight is 230 g/mol. The molecule has 0 amide bonds. The Balaban J connectivity index is 2.17. The van der Waals surface area contributed by atoms with Crippen LogP contribution in [-0.2, 0) is 0 Å². The second-order valence-corrected chi connectivity index (χ2v) is 3.54. The van der Waals surface area contributed by atoms with Crippen LogP contribution < -0.4 is 4.74 Å². The van der Waals surface area contributed by atoms with Gasteiger partial charge in [-0.25, -0.2) is 9.97 Å². The molecule has 2 aromatic rings. The first-order valence-corrected chi connectivity index (χ1v) is 5.48. The van der Waals surface area contributed by atoms with Crippen molar-refractivity contribution in [1.82, 2.24) is 9.97 Å². The standard InChI is InChI=1S/C13H14N2O2/c1-2-17-11-5-3-10(4-6-11)13(16)12-7-8-14-9-15-12/h3-9,13,16H,2H2,1H3. The SMILES string of the molecule is CCOc1ccc(C(O)c2ccncn2)cc1. The fourth-order valence-corrected chi connectivity index (χ4v) is 1.55. The molecule has 2 rings (SSSR count). The molecule has 17 heavy (non-hydrogen) atoms. The quantitative estimate of drug-likeness (QED) is 0.872. The largest absolute Gasteiger partial charge is 0.494 e. The molecule has 1 atom stereocenters. The van der Waals surface area contributed by atoms with Crippen LogP contribution in [0.4, 0.5) is 0 Å². The van der Waals surface area contributed by atoms with Gasteiger partial charge in [-0.1, -0.05) is 12.1 Å². The van der Waals surface area contributed by atoms with Gasteiger partial charge in [-0.2, -0.15) is 0 Å². The third kappa shape index (κ3) is 2.79. The molecule has 0 aliphatic heterocycles. The van der Waals surface area contributed by atoms with Gasteiger partial charge in [-0.15, -0.1) is 0 Å². The zero-order valence-electron chi connectivity index (χ0n) is 9.58. The van der Waals surface area contributed by atoms with Crippen molar-refractivity contribution < 1.29 is 9.84 Å². The summed E-state index contributed by atoms with van der Waals surface area (Å²) in [5.74, 6) is 0.797. The van der Waals surface area contributed by atoms with Gasteiger partial charge >= 0.3 is 0 Å². The molecule has 1 unspecified atom stereocenters. The molecule has 1 heterocycles. The summed E-state index contributed by atoms with van der Waals surface area (Å²) in [6, 6.07) is 9.03. The van der Waals surface area contributed by atoms with Gasteiger partial charge in [0.15, 0.2) is 0 Å². The highest BCUT2D eigenvalue weighted by Crippen LogP contribution is 2.22. The molecule has 0 aliphatic carbocycles. The minimum atomic E-state index is -0.728. The first-order valence-electron chi connectivity index (χ1n) is 5.48. The summed E-state index contributed by atoms with van der Waals surface area (Å²) in [7, 11) is 0. The topological polar surface area (TPSA) is 55.2 Å². The van der Waals surface area contributed by atoms with Gasteiger partial charge in [0.2, 0.25) is 0 Å². The predicted molar refractivity (Wildman–Crippen MR) is 63.7 cm³/mol. The van der Waals surface area contributed by atoms with Gasteiger partial charge in [0.1, 0.15) is 18.2 Å². The Morgan fingerprint density at radius 1 is 1.24 bits per heavy atom. The minimum absolute atomic E-state index is 0.587. The summed E-state index contributed by atoms with van der Waals surface area (Å²) in [6.07, 6.45) is 2.31. The van der Waals surface area contributed by atoms with Crippen LogP contribution in [0.5, 0.6) is 5.75 Å². The molecule has 1 N–H and O–H groups in total. The Kier molecular flexibility index (Phi) is 3.67. The predicted octanol–water partition coefficient (Wildman–Crippen LogP) is 1.96.